The molecule has 158 valence electrons. The van der Waals surface area contributed by atoms with Gasteiger partial charge in [-0.3, -0.25) is 14.8 Å². The van der Waals surface area contributed by atoms with Gasteiger partial charge in [-0.2, -0.15) is 0 Å². The third-order valence-electron chi connectivity index (χ3n) is 4.12. The summed E-state index contributed by atoms with van der Waals surface area (Å²) < 4.78 is 28.7. The minimum Gasteiger partial charge on any atom is -0.296 e. The number of sulfonamides is 1. The molecule has 0 unspecified atom stereocenters. The average molecular weight is 463 g/mol. The van der Waals surface area contributed by atoms with Crippen LogP contribution in [0, 0.1) is 13.8 Å². The molecule has 0 atom stereocenters. The van der Waals surface area contributed by atoms with E-state index in [1.807, 2.05) is 6.92 Å². The number of nitrogens with zero attached hydrogens (tertiary/aromatic N) is 2. The van der Waals surface area contributed by atoms with Gasteiger partial charge in [0.1, 0.15) is 0 Å². The molecule has 3 aromatic rings. The summed E-state index contributed by atoms with van der Waals surface area (Å²) in [4.78, 5) is 12.9. The van der Waals surface area contributed by atoms with E-state index in [1.165, 1.54) is 11.3 Å². The summed E-state index contributed by atoms with van der Waals surface area (Å²) >= 11 is 2.87. The van der Waals surface area contributed by atoms with Crippen LogP contribution in [0.4, 0.5) is 10.8 Å². The highest BCUT2D eigenvalue weighted by atomic mass is 32.2. The Labute approximate surface area is 184 Å². The molecule has 7 nitrogen and oxygen atoms in total. The van der Waals surface area contributed by atoms with Gasteiger partial charge in [0.25, 0.3) is 15.9 Å². The van der Waals surface area contributed by atoms with E-state index in [2.05, 4.69) is 34.1 Å². The monoisotopic (exact) mass is 462 g/mol. The van der Waals surface area contributed by atoms with Gasteiger partial charge in [0.05, 0.1) is 10.6 Å². The van der Waals surface area contributed by atoms with E-state index in [0.717, 1.165) is 9.90 Å². The Bertz CT molecular complexity index is 1160. The smallest absolute Gasteiger partial charge is 0.261 e. The van der Waals surface area contributed by atoms with Crippen molar-refractivity contribution in [2.75, 3.05) is 10.0 Å². The lowest BCUT2D eigenvalue weighted by Gasteiger charge is -2.13. The standard InChI is InChI=1S/C20H22N4O3S3/c1-12(2)28-20-23-22-19(29-20)21-18(25)16-6-5-7-17(14(16)4)24-30(26,27)15-10-8-13(3)9-11-15/h5-12,24H,1-4H3,(H,21,22,25). The lowest BCUT2D eigenvalue weighted by molar-refractivity contribution is 0.102. The molecule has 0 bridgehead atoms. The average Bonchev–Trinajstić information content (AvgIpc) is 3.09. The van der Waals surface area contributed by atoms with Crippen molar-refractivity contribution in [3.8, 4) is 0 Å². The number of rotatable bonds is 7. The molecule has 0 spiro atoms. The Kier molecular flexibility index (Phi) is 6.79. The molecule has 2 aromatic carbocycles. The van der Waals surface area contributed by atoms with Crippen LogP contribution in [0.1, 0.15) is 35.3 Å². The second kappa shape index (κ2) is 9.15. The number of benzene rings is 2. The van der Waals surface area contributed by atoms with Crippen molar-refractivity contribution in [2.24, 2.45) is 0 Å². The molecule has 1 aromatic heterocycles. The zero-order valence-corrected chi connectivity index (χ0v) is 19.4. The Balaban J connectivity index is 1.79. The summed E-state index contributed by atoms with van der Waals surface area (Å²) in [5, 5.41) is 11.5. The molecule has 1 amide bonds. The first-order valence-electron chi connectivity index (χ1n) is 9.16. The van der Waals surface area contributed by atoms with Gasteiger partial charge >= 0.3 is 0 Å². The molecular weight excluding hydrogens is 440 g/mol. The zero-order chi connectivity index (χ0) is 21.9. The van der Waals surface area contributed by atoms with E-state index in [-0.39, 0.29) is 10.8 Å². The molecule has 1 heterocycles. The molecule has 0 aliphatic carbocycles. The van der Waals surface area contributed by atoms with Crippen LogP contribution in [0.2, 0.25) is 0 Å². The van der Waals surface area contributed by atoms with Crippen LogP contribution in [0.3, 0.4) is 0 Å². The number of aryl methyl sites for hydroxylation is 1. The van der Waals surface area contributed by atoms with Crippen LogP contribution in [0.5, 0.6) is 0 Å². The lowest BCUT2D eigenvalue weighted by Crippen LogP contribution is -2.17. The van der Waals surface area contributed by atoms with Gasteiger partial charge in [-0.1, -0.05) is 60.7 Å². The van der Waals surface area contributed by atoms with Crippen molar-refractivity contribution in [1.29, 1.82) is 0 Å². The van der Waals surface area contributed by atoms with E-state index in [4.69, 9.17) is 0 Å². The summed E-state index contributed by atoms with van der Waals surface area (Å²) in [6.45, 7) is 7.69. The predicted molar refractivity (Wildman–Crippen MR) is 122 cm³/mol. The number of anilines is 2. The van der Waals surface area contributed by atoms with Gasteiger partial charge in [-0.15, -0.1) is 10.2 Å². The first kappa shape index (κ1) is 22.3. The maximum atomic E-state index is 12.7. The minimum atomic E-state index is -3.77. The van der Waals surface area contributed by atoms with Crippen LogP contribution in [0.15, 0.2) is 51.7 Å². The van der Waals surface area contributed by atoms with Gasteiger partial charge < -0.3 is 0 Å². The Hall–Kier alpha value is -2.43. The number of amides is 1. The fraction of sp³-hybridized carbons (Fsp3) is 0.250. The number of carbonyl (C=O) groups is 1. The van der Waals surface area contributed by atoms with Crippen LogP contribution in [-0.2, 0) is 10.0 Å². The van der Waals surface area contributed by atoms with Gasteiger partial charge in [0, 0.05) is 10.8 Å². The Morgan fingerprint density at radius 1 is 1.07 bits per heavy atom. The van der Waals surface area contributed by atoms with E-state index in [1.54, 1.807) is 61.2 Å². The largest absolute Gasteiger partial charge is 0.296 e. The number of hydrogen-bond donors (Lipinski definition) is 2. The van der Waals surface area contributed by atoms with E-state index >= 15 is 0 Å². The number of thioether (sulfide) groups is 1. The fourth-order valence-corrected chi connectivity index (χ4v) is 5.68. The predicted octanol–water partition coefficient (Wildman–Crippen LogP) is 4.71. The van der Waals surface area contributed by atoms with Gasteiger partial charge in [-0.25, -0.2) is 8.42 Å². The molecule has 30 heavy (non-hydrogen) atoms. The highest BCUT2D eigenvalue weighted by Gasteiger charge is 2.19. The summed E-state index contributed by atoms with van der Waals surface area (Å²) in [5.41, 5.74) is 2.19. The van der Waals surface area contributed by atoms with Crippen LogP contribution in [0.25, 0.3) is 0 Å². The summed E-state index contributed by atoms with van der Waals surface area (Å²) in [6, 6.07) is 11.5. The Morgan fingerprint density at radius 3 is 2.43 bits per heavy atom. The van der Waals surface area contributed by atoms with Crippen molar-refractivity contribution in [1.82, 2.24) is 10.2 Å². The highest BCUT2D eigenvalue weighted by molar-refractivity contribution is 8.01. The number of hydrogen-bond acceptors (Lipinski definition) is 7. The van der Waals surface area contributed by atoms with Gasteiger partial charge in [-0.05, 0) is 43.7 Å². The maximum absolute atomic E-state index is 12.7. The van der Waals surface area contributed by atoms with Crippen LogP contribution < -0.4 is 10.0 Å². The summed E-state index contributed by atoms with van der Waals surface area (Å²) in [7, 11) is -3.77. The topological polar surface area (TPSA) is 101 Å². The van der Waals surface area contributed by atoms with Crippen molar-refractivity contribution in [3.05, 3.63) is 59.2 Å². The highest BCUT2D eigenvalue weighted by Crippen LogP contribution is 2.29. The molecule has 0 fully saturated rings. The van der Waals surface area contributed by atoms with Crippen LogP contribution in [-0.4, -0.2) is 29.8 Å². The lowest BCUT2D eigenvalue weighted by atomic mass is 10.1. The van der Waals surface area contributed by atoms with Crippen molar-refractivity contribution < 1.29 is 13.2 Å². The summed E-state index contributed by atoms with van der Waals surface area (Å²) in [6.07, 6.45) is 0. The molecule has 0 aliphatic heterocycles. The molecule has 3 rings (SSSR count). The van der Waals surface area contributed by atoms with E-state index in [9.17, 15) is 13.2 Å². The first-order chi connectivity index (χ1) is 14.2. The van der Waals surface area contributed by atoms with E-state index in [0.29, 0.717) is 27.2 Å². The van der Waals surface area contributed by atoms with Crippen molar-refractivity contribution in [3.63, 3.8) is 0 Å². The SMILES string of the molecule is Cc1ccc(S(=O)(=O)Nc2cccc(C(=O)Nc3nnc(SC(C)C)s3)c2C)cc1. The first-order valence-corrected chi connectivity index (χ1v) is 12.3. The molecule has 0 radical (unpaired) electrons. The molecule has 0 aliphatic rings. The molecule has 0 saturated carbocycles. The third kappa shape index (κ3) is 5.38. The minimum absolute atomic E-state index is 0.159. The molecule has 2 N–H and O–H groups in total. The fourth-order valence-electron chi connectivity index (χ4n) is 2.59. The van der Waals surface area contributed by atoms with Gasteiger partial charge in [0.2, 0.25) is 5.13 Å². The number of nitrogens with one attached hydrogen (secondary N) is 2. The van der Waals surface area contributed by atoms with Crippen LogP contribution >= 0.6 is 23.1 Å². The normalized spacial score (nSPS) is 11.5. The van der Waals surface area contributed by atoms with Gasteiger partial charge in [0.15, 0.2) is 4.34 Å². The maximum Gasteiger partial charge on any atom is 0.261 e. The Morgan fingerprint density at radius 2 is 1.77 bits per heavy atom. The molecular formula is C20H22N4O3S3. The zero-order valence-electron chi connectivity index (χ0n) is 17.0. The number of carbonyl (C=O) groups excluding carboxylic acids is 1. The second-order valence-electron chi connectivity index (χ2n) is 6.89. The third-order valence-corrected chi connectivity index (χ3v) is 7.43. The number of aromatic nitrogens is 2. The quantitative estimate of drug-likeness (QED) is 0.390. The van der Waals surface area contributed by atoms with Crippen molar-refractivity contribution in [2.45, 2.75) is 42.2 Å². The second-order valence-corrected chi connectivity index (χ2v) is 11.4. The summed E-state index contributed by atoms with van der Waals surface area (Å²) in [5.74, 6) is -0.374. The van der Waals surface area contributed by atoms with Crippen molar-refractivity contribution >= 4 is 49.8 Å². The van der Waals surface area contributed by atoms with E-state index < -0.39 is 10.0 Å². The molecule has 0 saturated heterocycles. The molecule has 10 heteroatoms.